The highest BCUT2D eigenvalue weighted by Gasteiger charge is 2.28. The normalized spacial score (nSPS) is 16.3. The number of nitrogens with zero attached hydrogens (tertiary/aromatic N) is 1. The molecule has 3 N–H and O–H groups in total. The summed E-state index contributed by atoms with van der Waals surface area (Å²) < 4.78 is 26.4. The Morgan fingerprint density at radius 1 is 1.35 bits per heavy atom. The number of rotatable bonds is 8. The lowest BCUT2D eigenvalue weighted by Crippen LogP contribution is -2.38. The third-order valence-corrected chi connectivity index (χ3v) is 6.21. The molecule has 0 saturated heterocycles. The van der Waals surface area contributed by atoms with Crippen molar-refractivity contribution in [2.24, 2.45) is 11.7 Å². The largest absolute Gasteiger partial charge is 0.350 e. The fourth-order valence-electron chi connectivity index (χ4n) is 2.51. The monoisotopic (exact) mass is 339 g/mol. The van der Waals surface area contributed by atoms with Gasteiger partial charge in [0.1, 0.15) is 0 Å². The van der Waals surface area contributed by atoms with Crippen molar-refractivity contribution in [1.82, 2.24) is 9.62 Å². The molecule has 1 aromatic carbocycles. The van der Waals surface area contributed by atoms with Crippen LogP contribution in [0.5, 0.6) is 0 Å². The summed E-state index contributed by atoms with van der Waals surface area (Å²) in [6, 6.07) is 6.11. The van der Waals surface area contributed by atoms with Gasteiger partial charge in [0, 0.05) is 31.2 Å². The Labute approximate surface area is 138 Å². The van der Waals surface area contributed by atoms with Crippen molar-refractivity contribution in [3.05, 3.63) is 29.8 Å². The molecule has 128 valence electrons. The fraction of sp³-hybridized carbons (Fsp3) is 0.562. The van der Waals surface area contributed by atoms with E-state index in [1.165, 1.54) is 16.4 Å². The third kappa shape index (κ3) is 4.31. The second kappa shape index (κ2) is 7.42. The standard InChI is InChI=1S/C16H25N3O3S/c1-3-19(4-2)23(21,22)14-7-5-6-13(10-14)16(20)18-11-15(17)12-8-9-12/h5-7,10,12,15H,3-4,8-9,11,17H2,1-2H3,(H,18,20). The summed E-state index contributed by atoms with van der Waals surface area (Å²) in [7, 11) is -3.56. The number of carbonyl (C=O) groups excluding carboxylic acids is 1. The molecule has 1 saturated carbocycles. The molecule has 1 aliphatic rings. The van der Waals surface area contributed by atoms with E-state index >= 15 is 0 Å². The van der Waals surface area contributed by atoms with Crippen LogP contribution in [0.1, 0.15) is 37.0 Å². The molecule has 1 aromatic rings. The van der Waals surface area contributed by atoms with E-state index in [2.05, 4.69) is 5.32 Å². The van der Waals surface area contributed by atoms with Crippen LogP contribution >= 0.6 is 0 Å². The Morgan fingerprint density at radius 3 is 2.57 bits per heavy atom. The van der Waals surface area contributed by atoms with E-state index in [9.17, 15) is 13.2 Å². The molecule has 1 aliphatic carbocycles. The molecule has 0 heterocycles. The van der Waals surface area contributed by atoms with Gasteiger partial charge >= 0.3 is 0 Å². The number of sulfonamides is 1. The minimum absolute atomic E-state index is 0.0264. The summed E-state index contributed by atoms with van der Waals surface area (Å²) in [5.74, 6) is 0.211. The maximum absolute atomic E-state index is 12.5. The van der Waals surface area contributed by atoms with Gasteiger partial charge in [0.15, 0.2) is 0 Å². The van der Waals surface area contributed by atoms with Crippen LogP contribution in [0.15, 0.2) is 29.2 Å². The smallest absolute Gasteiger partial charge is 0.251 e. The number of hydrogen-bond acceptors (Lipinski definition) is 4. The molecule has 0 bridgehead atoms. The summed E-state index contributed by atoms with van der Waals surface area (Å²) >= 11 is 0. The number of carbonyl (C=O) groups is 1. The molecule has 0 aromatic heterocycles. The first-order chi connectivity index (χ1) is 10.9. The van der Waals surface area contributed by atoms with E-state index in [-0.39, 0.29) is 16.8 Å². The molecule has 23 heavy (non-hydrogen) atoms. The average molecular weight is 339 g/mol. The predicted molar refractivity (Wildman–Crippen MR) is 89.6 cm³/mol. The minimum Gasteiger partial charge on any atom is -0.350 e. The summed E-state index contributed by atoms with van der Waals surface area (Å²) in [5, 5.41) is 2.78. The van der Waals surface area contributed by atoms with E-state index < -0.39 is 10.0 Å². The van der Waals surface area contributed by atoms with Crippen molar-refractivity contribution < 1.29 is 13.2 Å². The fourth-order valence-corrected chi connectivity index (χ4v) is 4.02. The number of amides is 1. The van der Waals surface area contributed by atoms with Gasteiger partial charge in [0.05, 0.1) is 4.90 Å². The molecular formula is C16H25N3O3S. The molecular weight excluding hydrogens is 314 g/mol. The van der Waals surface area contributed by atoms with E-state index in [1.807, 2.05) is 0 Å². The Hall–Kier alpha value is -1.44. The zero-order valence-corrected chi connectivity index (χ0v) is 14.5. The summed E-state index contributed by atoms with van der Waals surface area (Å²) in [4.78, 5) is 12.3. The van der Waals surface area contributed by atoms with Crippen LogP contribution in [0.3, 0.4) is 0 Å². The number of nitrogens with two attached hydrogens (primary N) is 1. The van der Waals surface area contributed by atoms with Crippen molar-refractivity contribution in [2.45, 2.75) is 37.6 Å². The van der Waals surface area contributed by atoms with Crippen LogP contribution in [0.25, 0.3) is 0 Å². The van der Waals surface area contributed by atoms with Crippen LogP contribution in [0, 0.1) is 5.92 Å². The number of benzene rings is 1. The van der Waals surface area contributed by atoms with Crippen LogP contribution in [0.2, 0.25) is 0 Å². The van der Waals surface area contributed by atoms with Crippen LogP contribution < -0.4 is 11.1 Å². The van der Waals surface area contributed by atoms with Crippen molar-refractivity contribution in [1.29, 1.82) is 0 Å². The summed E-state index contributed by atoms with van der Waals surface area (Å²) in [6.07, 6.45) is 2.24. The lowest BCUT2D eigenvalue weighted by Gasteiger charge is -2.18. The van der Waals surface area contributed by atoms with E-state index in [4.69, 9.17) is 5.73 Å². The van der Waals surface area contributed by atoms with Crippen molar-refractivity contribution in [3.8, 4) is 0 Å². The molecule has 0 radical (unpaired) electrons. The first kappa shape index (κ1) is 17.9. The van der Waals surface area contributed by atoms with Gasteiger partial charge in [-0.25, -0.2) is 8.42 Å². The van der Waals surface area contributed by atoms with Gasteiger partial charge in [-0.15, -0.1) is 0 Å². The van der Waals surface area contributed by atoms with E-state index in [1.54, 1.807) is 26.0 Å². The lowest BCUT2D eigenvalue weighted by atomic mass is 10.2. The first-order valence-electron chi connectivity index (χ1n) is 8.04. The highest BCUT2D eigenvalue weighted by atomic mass is 32.2. The third-order valence-electron chi connectivity index (χ3n) is 4.17. The molecule has 1 atom stereocenters. The number of nitrogens with one attached hydrogen (secondary N) is 1. The maximum Gasteiger partial charge on any atom is 0.251 e. The van der Waals surface area contributed by atoms with Crippen LogP contribution in [0.4, 0.5) is 0 Å². The molecule has 1 unspecified atom stereocenters. The van der Waals surface area contributed by atoms with Crippen LogP contribution in [-0.2, 0) is 10.0 Å². The Morgan fingerprint density at radius 2 is 2.00 bits per heavy atom. The van der Waals surface area contributed by atoms with E-state index in [0.29, 0.717) is 31.1 Å². The molecule has 2 rings (SSSR count). The summed E-state index contributed by atoms with van der Waals surface area (Å²) in [5.41, 5.74) is 6.30. The zero-order valence-electron chi connectivity index (χ0n) is 13.7. The average Bonchev–Trinajstić information content (AvgIpc) is 3.38. The SMILES string of the molecule is CCN(CC)S(=O)(=O)c1cccc(C(=O)NCC(N)C2CC2)c1. The number of hydrogen-bond donors (Lipinski definition) is 2. The van der Waals surface area contributed by atoms with E-state index in [0.717, 1.165) is 12.8 Å². The minimum atomic E-state index is -3.56. The second-order valence-corrected chi connectivity index (χ2v) is 7.77. The molecule has 7 heteroatoms. The highest BCUT2D eigenvalue weighted by molar-refractivity contribution is 7.89. The maximum atomic E-state index is 12.5. The predicted octanol–water partition coefficient (Wildman–Crippen LogP) is 1.18. The first-order valence-corrected chi connectivity index (χ1v) is 9.48. The van der Waals surface area contributed by atoms with Gasteiger partial charge in [-0.3, -0.25) is 4.79 Å². The zero-order chi connectivity index (χ0) is 17.0. The van der Waals surface area contributed by atoms with Crippen LogP contribution in [-0.4, -0.2) is 44.3 Å². The molecule has 0 aliphatic heterocycles. The van der Waals surface area contributed by atoms with Gasteiger partial charge in [0.25, 0.3) is 5.91 Å². The molecule has 0 spiro atoms. The lowest BCUT2D eigenvalue weighted by molar-refractivity contribution is 0.0950. The second-order valence-electron chi connectivity index (χ2n) is 5.83. The molecule has 1 amide bonds. The van der Waals surface area contributed by atoms with Gasteiger partial charge < -0.3 is 11.1 Å². The molecule has 1 fully saturated rings. The van der Waals surface area contributed by atoms with Gasteiger partial charge in [0.2, 0.25) is 10.0 Å². The van der Waals surface area contributed by atoms with Crippen molar-refractivity contribution >= 4 is 15.9 Å². The quantitative estimate of drug-likeness (QED) is 0.744. The highest BCUT2D eigenvalue weighted by Crippen LogP contribution is 2.31. The van der Waals surface area contributed by atoms with Gasteiger partial charge in [-0.2, -0.15) is 4.31 Å². The topological polar surface area (TPSA) is 92.5 Å². The van der Waals surface area contributed by atoms with Gasteiger partial charge in [-0.1, -0.05) is 19.9 Å². The van der Waals surface area contributed by atoms with Crippen molar-refractivity contribution in [3.63, 3.8) is 0 Å². The molecule has 6 nitrogen and oxygen atoms in total. The Kier molecular flexibility index (Phi) is 5.78. The Balaban J connectivity index is 2.10. The summed E-state index contributed by atoms with van der Waals surface area (Å²) in [6.45, 7) is 4.78. The Bertz CT molecular complexity index is 652. The van der Waals surface area contributed by atoms with Gasteiger partial charge in [-0.05, 0) is 37.0 Å². The van der Waals surface area contributed by atoms with Crippen molar-refractivity contribution in [2.75, 3.05) is 19.6 Å².